The lowest BCUT2D eigenvalue weighted by Gasteiger charge is -2.18. The quantitative estimate of drug-likeness (QED) is 0.698. The minimum Gasteiger partial charge on any atom is -0.492 e. The van der Waals surface area contributed by atoms with Gasteiger partial charge in [0.1, 0.15) is 18.2 Å². The minimum atomic E-state index is -0.187. The van der Waals surface area contributed by atoms with Crippen LogP contribution in [0, 0.1) is 0 Å². The zero-order valence-corrected chi connectivity index (χ0v) is 14.0. The standard InChI is InChI=1S/C18H20N4O3/c1-19-18(24)14-3-2-8-20-17(14)21-9-10-25-13-5-6-15-12(11-13)4-7-16(23)22-15/h2-3,5-6,8,11H,4,7,9-10H2,1H3,(H,19,24)(H,20,21)(H,22,23). The molecular formula is C18H20N4O3. The van der Waals surface area contributed by atoms with Crippen molar-refractivity contribution in [2.24, 2.45) is 0 Å². The summed E-state index contributed by atoms with van der Waals surface area (Å²) < 4.78 is 5.74. The Morgan fingerprint density at radius 2 is 2.20 bits per heavy atom. The fourth-order valence-electron chi connectivity index (χ4n) is 2.65. The first kappa shape index (κ1) is 16.8. The SMILES string of the molecule is CNC(=O)c1cccnc1NCCOc1ccc2c(c1)CCC(=O)N2. The Labute approximate surface area is 145 Å². The first-order chi connectivity index (χ1) is 12.2. The molecule has 1 aliphatic heterocycles. The second-order valence-electron chi connectivity index (χ2n) is 5.62. The highest BCUT2D eigenvalue weighted by atomic mass is 16.5. The molecular weight excluding hydrogens is 320 g/mol. The first-order valence-electron chi connectivity index (χ1n) is 8.14. The number of carbonyl (C=O) groups excluding carboxylic acids is 2. The number of aryl methyl sites for hydroxylation is 1. The lowest BCUT2D eigenvalue weighted by molar-refractivity contribution is -0.116. The van der Waals surface area contributed by atoms with Crippen LogP contribution in [0.15, 0.2) is 36.5 Å². The number of ether oxygens (including phenoxy) is 1. The molecule has 0 bridgehead atoms. The molecule has 7 nitrogen and oxygen atoms in total. The number of nitrogens with one attached hydrogen (secondary N) is 3. The van der Waals surface area contributed by atoms with E-state index in [1.165, 1.54) is 0 Å². The van der Waals surface area contributed by atoms with Crippen molar-refractivity contribution in [1.82, 2.24) is 10.3 Å². The summed E-state index contributed by atoms with van der Waals surface area (Å²) in [4.78, 5) is 27.4. The Hall–Kier alpha value is -3.09. The van der Waals surface area contributed by atoms with Crippen LogP contribution in [0.3, 0.4) is 0 Å². The lowest BCUT2D eigenvalue weighted by Crippen LogP contribution is -2.21. The summed E-state index contributed by atoms with van der Waals surface area (Å²) in [5.41, 5.74) is 2.43. The molecule has 1 aromatic heterocycles. The summed E-state index contributed by atoms with van der Waals surface area (Å²) in [6.07, 6.45) is 2.85. The van der Waals surface area contributed by atoms with Gasteiger partial charge in [-0.1, -0.05) is 0 Å². The molecule has 130 valence electrons. The summed E-state index contributed by atoms with van der Waals surface area (Å²) in [7, 11) is 1.58. The summed E-state index contributed by atoms with van der Waals surface area (Å²) in [5, 5.41) is 8.55. The number of anilines is 2. The van der Waals surface area contributed by atoms with Crippen molar-refractivity contribution in [2.45, 2.75) is 12.8 Å². The molecule has 0 saturated carbocycles. The fourth-order valence-corrected chi connectivity index (χ4v) is 2.65. The number of hydrogen-bond donors (Lipinski definition) is 3. The molecule has 0 saturated heterocycles. The van der Waals surface area contributed by atoms with Gasteiger partial charge in [0, 0.05) is 25.4 Å². The molecule has 0 aliphatic carbocycles. The average Bonchev–Trinajstić information content (AvgIpc) is 2.65. The third-order valence-electron chi connectivity index (χ3n) is 3.91. The van der Waals surface area contributed by atoms with Crippen LogP contribution in [-0.2, 0) is 11.2 Å². The van der Waals surface area contributed by atoms with Crippen LogP contribution in [0.4, 0.5) is 11.5 Å². The predicted molar refractivity (Wildman–Crippen MR) is 95.0 cm³/mol. The molecule has 3 rings (SSSR count). The van der Waals surface area contributed by atoms with Gasteiger partial charge in [0.2, 0.25) is 5.91 Å². The number of rotatable bonds is 6. The summed E-state index contributed by atoms with van der Waals surface area (Å²) >= 11 is 0. The van der Waals surface area contributed by atoms with Crippen molar-refractivity contribution in [3.05, 3.63) is 47.7 Å². The van der Waals surface area contributed by atoms with E-state index in [0.717, 1.165) is 23.4 Å². The molecule has 2 aromatic rings. The van der Waals surface area contributed by atoms with E-state index in [9.17, 15) is 9.59 Å². The third-order valence-corrected chi connectivity index (χ3v) is 3.91. The highest BCUT2D eigenvalue weighted by Crippen LogP contribution is 2.26. The fraction of sp³-hybridized carbons (Fsp3) is 0.278. The molecule has 2 heterocycles. The molecule has 1 aromatic carbocycles. The topological polar surface area (TPSA) is 92.3 Å². The van der Waals surface area contributed by atoms with Gasteiger partial charge in [0.15, 0.2) is 0 Å². The Kier molecular flexibility index (Phi) is 5.13. The van der Waals surface area contributed by atoms with Gasteiger partial charge in [-0.25, -0.2) is 4.98 Å². The van der Waals surface area contributed by atoms with Gasteiger partial charge < -0.3 is 20.7 Å². The predicted octanol–water partition coefficient (Wildman–Crippen LogP) is 1.82. The van der Waals surface area contributed by atoms with E-state index >= 15 is 0 Å². The van der Waals surface area contributed by atoms with Crippen molar-refractivity contribution < 1.29 is 14.3 Å². The second kappa shape index (κ2) is 7.65. The summed E-state index contributed by atoms with van der Waals surface area (Å²) in [6, 6.07) is 9.08. The average molecular weight is 340 g/mol. The molecule has 0 spiro atoms. The third kappa shape index (κ3) is 4.06. The van der Waals surface area contributed by atoms with Crippen molar-refractivity contribution in [3.63, 3.8) is 0 Å². The molecule has 25 heavy (non-hydrogen) atoms. The van der Waals surface area contributed by atoms with E-state index in [2.05, 4.69) is 20.9 Å². The van der Waals surface area contributed by atoms with Crippen molar-refractivity contribution in [1.29, 1.82) is 0 Å². The molecule has 3 N–H and O–H groups in total. The molecule has 0 unspecified atom stereocenters. The van der Waals surface area contributed by atoms with Crippen molar-refractivity contribution in [3.8, 4) is 5.75 Å². The van der Waals surface area contributed by atoms with Crippen LogP contribution in [0.2, 0.25) is 0 Å². The number of amides is 2. The van der Waals surface area contributed by atoms with E-state index in [1.54, 1.807) is 25.4 Å². The maximum atomic E-state index is 11.8. The Bertz CT molecular complexity index is 792. The number of aromatic nitrogens is 1. The van der Waals surface area contributed by atoms with E-state index in [1.807, 2.05) is 18.2 Å². The number of carbonyl (C=O) groups is 2. The van der Waals surface area contributed by atoms with E-state index in [-0.39, 0.29) is 11.8 Å². The summed E-state index contributed by atoms with van der Waals surface area (Å²) in [6.45, 7) is 0.934. The molecule has 0 radical (unpaired) electrons. The maximum Gasteiger partial charge on any atom is 0.254 e. The monoisotopic (exact) mass is 340 g/mol. The molecule has 2 amide bonds. The molecule has 0 fully saturated rings. The molecule has 0 atom stereocenters. The Morgan fingerprint density at radius 1 is 1.32 bits per heavy atom. The maximum absolute atomic E-state index is 11.8. The van der Waals surface area contributed by atoms with Crippen LogP contribution in [0.1, 0.15) is 22.3 Å². The van der Waals surface area contributed by atoms with Crippen molar-refractivity contribution in [2.75, 3.05) is 30.8 Å². The minimum absolute atomic E-state index is 0.0487. The lowest BCUT2D eigenvalue weighted by atomic mass is 10.0. The summed E-state index contributed by atoms with van der Waals surface area (Å²) in [5.74, 6) is 1.14. The molecule has 7 heteroatoms. The van der Waals surface area contributed by atoms with Gasteiger partial charge in [-0.05, 0) is 42.3 Å². The van der Waals surface area contributed by atoms with Crippen LogP contribution in [0.25, 0.3) is 0 Å². The number of pyridine rings is 1. The van der Waals surface area contributed by atoms with Gasteiger partial charge in [-0.15, -0.1) is 0 Å². The second-order valence-corrected chi connectivity index (χ2v) is 5.62. The van der Waals surface area contributed by atoms with Gasteiger partial charge in [-0.3, -0.25) is 9.59 Å². The van der Waals surface area contributed by atoms with Gasteiger partial charge in [-0.2, -0.15) is 0 Å². The number of fused-ring (bicyclic) bond motifs is 1. The zero-order valence-electron chi connectivity index (χ0n) is 14.0. The van der Waals surface area contributed by atoms with Crippen LogP contribution in [0.5, 0.6) is 5.75 Å². The van der Waals surface area contributed by atoms with Crippen LogP contribution >= 0.6 is 0 Å². The van der Waals surface area contributed by atoms with E-state index in [4.69, 9.17) is 4.74 Å². The number of hydrogen-bond acceptors (Lipinski definition) is 5. The number of benzene rings is 1. The Balaban J connectivity index is 1.54. The normalized spacial score (nSPS) is 12.8. The highest BCUT2D eigenvalue weighted by Gasteiger charge is 2.15. The first-order valence-corrected chi connectivity index (χ1v) is 8.14. The molecule has 1 aliphatic rings. The van der Waals surface area contributed by atoms with Gasteiger partial charge in [0.25, 0.3) is 5.91 Å². The highest BCUT2D eigenvalue weighted by molar-refractivity contribution is 5.98. The van der Waals surface area contributed by atoms with Crippen LogP contribution < -0.4 is 20.7 Å². The smallest absolute Gasteiger partial charge is 0.254 e. The van der Waals surface area contributed by atoms with Crippen LogP contribution in [-0.4, -0.2) is 37.0 Å². The van der Waals surface area contributed by atoms with Gasteiger partial charge >= 0.3 is 0 Å². The van der Waals surface area contributed by atoms with E-state index in [0.29, 0.717) is 31.0 Å². The zero-order chi connectivity index (χ0) is 17.6. The number of nitrogens with zero attached hydrogens (tertiary/aromatic N) is 1. The van der Waals surface area contributed by atoms with Gasteiger partial charge in [0.05, 0.1) is 12.1 Å². The largest absolute Gasteiger partial charge is 0.492 e. The van der Waals surface area contributed by atoms with Crippen molar-refractivity contribution >= 4 is 23.3 Å². The van der Waals surface area contributed by atoms with E-state index < -0.39 is 0 Å². The Morgan fingerprint density at radius 3 is 3.04 bits per heavy atom.